The third-order valence-electron chi connectivity index (χ3n) is 5.71. The summed E-state index contributed by atoms with van der Waals surface area (Å²) < 4.78 is 29.1. The molecule has 2 atom stereocenters. The first-order valence-electron chi connectivity index (χ1n) is 9.98. The van der Waals surface area contributed by atoms with Gasteiger partial charge in [0.05, 0.1) is 6.04 Å². The summed E-state index contributed by atoms with van der Waals surface area (Å²) in [4.78, 5) is 14.1. The van der Waals surface area contributed by atoms with Crippen LogP contribution in [0.15, 0.2) is 40.6 Å². The van der Waals surface area contributed by atoms with E-state index in [4.69, 9.17) is 5.73 Å². The van der Waals surface area contributed by atoms with Crippen molar-refractivity contribution >= 4 is 5.91 Å². The molecule has 152 valence electrons. The van der Waals surface area contributed by atoms with E-state index in [0.717, 1.165) is 37.1 Å². The molecule has 1 saturated heterocycles. The van der Waals surface area contributed by atoms with Crippen LogP contribution in [0.25, 0.3) is 11.1 Å². The Hall–Kier alpha value is -2.67. The van der Waals surface area contributed by atoms with Gasteiger partial charge in [-0.25, -0.2) is 8.78 Å². The Kier molecular flexibility index (Phi) is 5.41. The highest BCUT2D eigenvalue weighted by Crippen LogP contribution is 2.37. The second-order valence-corrected chi connectivity index (χ2v) is 7.83. The van der Waals surface area contributed by atoms with Crippen molar-refractivity contribution in [2.24, 2.45) is 16.0 Å². The van der Waals surface area contributed by atoms with E-state index in [1.54, 1.807) is 24.3 Å². The number of hydrogen-bond acceptors (Lipinski definition) is 4. The molecule has 2 N–H and O–H groups in total. The molecule has 2 heterocycles. The zero-order valence-corrected chi connectivity index (χ0v) is 16.4. The maximum atomic E-state index is 14.7. The minimum Gasteiger partial charge on any atom is -0.367 e. The van der Waals surface area contributed by atoms with Crippen LogP contribution >= 0.6 is 0 Å². The van der Waals surface area contributed by atoms with Gasteiger partial charge in [0.1, 0.15) is 0 Å². The monoisotopic (exact) mass is 398 g/mol. The molecule has 2 aromatic carbocycles. The van der Waals surface area contributed by atoms with E-state index >= 15 is 0 Å². The molecular formula is C22H24F2N4O. The Morgan fingerprint density at radius 1 is 1.10 bits per heavy atom. The van der Waals surface area contributed by atoms with E-state index in [1.807, 2.05) is 6.92 Å². The Morgan fingerprint density at radius 2 is 1.86 bits per heavy atom. The summed E-state index contributed by atoms with van der Waals surface area (Å²) >= 11 is 0. The SMILES string of the molecule is CC1N=NC(C(N)=O)c2cc(-c3cc(CN4CCCCC4)cc(F)c3F)ccc21. The number of fused-ring (bicyclic) bond motifs is 1. The number of nitrogens with two attached hydrogens (primary N) is 1. The van der Waals surface area contributed by atoms with Crippen LogP contribution in [0.3, 0.4) is 0 Å². The number of primary amides is 1. The Bertz CT molecular complexity index is 970. The quantitative estimate of drug-likeness (QED) is 0.813. The average Bonchev–Trinajstić information content (AvgIpc) is 2.71. The summed E-state index contributed by atoms with van der Waals surface area (Å²) in [5.41, 5.74) is 8.29. The number of nitrogens with zero attached hydrogens (tertiary/aromatic N) is 3. The summed E-state index contributed by atoms with van der Waals surface area (Å²) in [7, 11) is 0. The first kappa shape index (κ1) is 19.6. The van der Waals surface area contributed by atoms with Crippen LogP contribution in [-0.2, 0) is 11.3 Å². The normalized spacial score (nSPS) is 21.8. The van der Waals surface area contributed by atoms with Gasteiger partial charge in [0, 0.05) is 12.1 Å². The van der Waals surface area contributed by atoms with Crippen molar-refractivity contribution < 1.29 is 13.6 Å². The zero-order chi connectivity index (χ0) is 20.5. The molecule has 0 bridgehead atoms. The van der Waals surface area contributed by atoms with Crippen molar-refractivity contribution in [3.8, 4) is 11.1 Å². The molecule has 0 radical (unpaired) electrons. The van der Waals surface area contributed by atoms with Crippen molar-refractivity contribution in [1.29, 1.82) is 0 Å². The maximum Gasteiger partial charge on any atom is 0.248 e. The highest BCUT2D eigenvalue weighted by atomic mass is 19.2. The van der Waals surface area contributed by atoms with Crippen LogP contribution in [0.2, 0.25) is 0 Å². The number of carbonyl (C=O) groups is 1. The van der Waals surface area contributed by atoms with Gasteiger partial charge in [-0.05, 0) is 73.3 Å². The molecular weight excluding hydrogens is 374 g/mol. The molecule has 0 spiro atoms. The van der Waals surface area contributed by atoms with E-state index in [9.17, 15) is 13.6 Å². The maximum absolute atomic E-state index is 14.7. The predicted octanol–water partition coefficient (Wildman–Crippen LogP) is 4.67. The van der Waals surface area contributed by atoms with Gasteiger partial charge in [-0.2, -0.15) is 10.2 Å². The van der Waals surface area contributed by atoms with Crippen LogP contribution in [0.4, 0.5) is 8.78 Å². The van der Waals surface area contributed by atoms with E-state index < -0.39 is 23.6 Å². The van der Waals surface area contributed by atoms with Gasteiger partial charge in [-0.3, -0.25) is 9.69 Å². The van der Waals surface area contributed by atoms with E-state index in [-0.39, 0.29) is 11.6 Å². The standard InChI is InChI=1S/C22H24F2N4O/c1-13-16-6-5-15(11-18(16)21(22(25)29)27-26-13)17-9-14(10-19(23)20(17)24)12-28-7-3-2-4-8-28/h5-6,9-11,13,21H,2-4,7-8,12H2,1H3,(H2,25,29). The van der Waals surface area contributed by atoms with Crippen molar-refractivity contribution in [3.05, 3.63) is 58.7 Å². The summed E-state index contributed by atoms with van der Waals surface area (Å²) in [5, 5.41) is 8.07. The number of amides is 1. The summed E-state index contributed by atoms with van der Waals surface area (Å²) in [6.45, 7) is 4.38. The van der Waals surface area contributed by atoms with E-state index in [2.05, 4.69) is 15.1 Å². The van der Waals surface area contributed by atoms with Gasteiger partial charge >= 0.3 is 0 Å². The number of halogens is 2. The van der Waals surface area contributed by atoms with Gasteiger partial charge < -0.3 is 5.73 Å². The molecule has 5 nitrogen and oxygen atoms in total. The molecule has 0 saturated carbocycles. The van der Waals surface area contributed by atoms with E-state index in [0.29, 0.717) is 17.7 Å². The molecule has 7 heteroatoms. The topological polar surface area (TPSA) is 71.0 Å². The fraction of sp³-hybridized carbons (Fsp3) is 0.409. The van der Waals surface area contributed by atoms with Crippen LogP contribution < -0.4 is 5.73 Å². The predicted molar refractivity (Wildman–Crippen MR) is 106 cm³/mol. The lowest BCUT2D eigenvalue weighted by Gasteiger charge is -2.26. The third-order valence-corrected chi connectivity index (χ3v) is 5.71. The van der Waals surface area contributed by atoms with Crippen LogP contribution in [0.1, 0.15) is 55.0 Å². The second-order valence-electron chi connectivity index (χ2n) is 7.83. The molecule has 4 rings (SSSR count). The first-order chi connectivity index (χ1) is 13.9. The number of piperidine rings is 1. The first-order valence-corrected chi connectivity index (χ1v) is 9.98. The zero-order valence-electron chi connectivity index (χ0n) is 16.4. The van der Waals surface area contributed by atoms with Crippen LogP contribution in [-0.4, -0.2) is 23.9 Å². The van der Waals surface area contributed by atoms with Crippen LogP contribution in [0, 0.1) is 11.6 Å². The highest BCUT2D eigenvalue weighted by molar-refractivity contribution is 5.83. The van der Waals surface area contributed by atoms with Gasteiger partial charge in [0.25, 0.3) is 0 Å². The van der Waals surface area contributed by atoms with Crippen molar-refractivity contribution in [1.82, 2.24) is 4.90 Å². The molecule has 0 aromatic heterocycles. The molecule has 2 aliphatic heterocycles. The lowest BCUT2D eigenvalue weighted by atomic mass is 9.90. The van der Waals surface area contributed by atoms with Crippen molar-refractivity contribution in [2.75, 3.05) is 13.1 Å². The molecule has 1 fully saturated rings. The molecule has 2 aromatic rings. The van der Waals surface area contributed by atoms with Crippen molar-refractivity contribution in [2.45, 2.75) is 44.8 Å². The second kappa shape index (κ2) is 7.99. The number of hydrogen-bond donors (Lipinski definition) is 1. The fourth-order valence-electron chi connectivity index (χ4n) is 4.18. The number of carbonyl (C=O) groups excluding carboxylic acids is 1. The molecule has 2 unspecified atom stereocenters. The Labute approximate surface area is 168 Å². The van der Waals surface area contributed by atoms with Gasteiger partial charge in [-0.1, -0.05) is 18.6 Å². The molecule has 1 amide bonds. The highest BCUT2D eigenvalue weighted by Gasteiger charge is 2.28. The molecule has 29 heavy (non-hydrogen) atoms. The minimum absolute atomic E-state index is 0.179. The minimum atomic E-state index is -0.911. The number of benzene rings is 2. The van der Waals surface area contributed by atoms with Gasteiger partial charge in [-0.15, -0.1) is 0 Å². The third kappa shape index (κ3) is 3.92. The number of likely N-dealkylation sites (tertiary alicyclic amines) is 1. The Morgan fingerprint density at radius 3 is 2.59 bits per heavy atom. The van der Waals surface area contributed by atoms with Gasteiger partial charge in [0.15, 0.2) is 17.7 Å². The molecule has 2 aliphatic rings. The van der Waals surface area contributed by atoms with Crippen LogP contribution in [0.5, 0.6) is 0 Å². The Balaban J connectivity index is 1.73. The lowest BCUT2D eigenvalue weighted by molar-refractivity contribution is -0.119. The summed E-state index contributed by atoms with van der Waals surface area (Å²) in [5.74, 6) is -2.38. The number of rotatable bonds is 4. The summed E-state index contributed by atoms with van der Waals surface area (Å²) in [6.07, 6.45) is 3.47. The smallest absolute Gasteiger partial charge is 0.248 e. The van der Waals surface area contributed by atoms with Crippen molar-refractivity contribution in [3.63, 3.8) is 0 Å². The average molecular weight is 398 g/mol. The molecule has 0 aliphatic carbocycles. The van der Waals surface area contributed by atoms with E-state index in [1.165, 1.54) is 12.5 Å². The summed E-state index contributed by atoms with van der Waals surface area (Å²) in [6, 6.07) is 7.04. The lowest BCUT2D eigenvalue weighted by Crippen LogP contribution is -2.29. The van der Waals surface area contributed by atoms with Gasteiger partial charge in [0.2, 0.25) is 5.91 Å². The number of azo groups is 1. The largest absolute Gasteiger partial charge is 0.367 e. The fourth-order valence-corrected chi connectivity index (χ4v) is 4.18.